The van der Waals surface area contributed by atoms with Gasteiger partial charge in [-0.05, 0) is 37.5 Å². The van der Waals surface area contributed by atoms with Crippen molar-refractivity contribution in [3.8, 4) is 0 Å². The van der Waals surface area contributed by atoms with Crippen LogP contribution in [0.5, 0.6) is 0 Å². The summed E-state index contributed by atoms with van der Waals surface area (Å²) in [6.07, 6.45) is 2.87. The number of amides is 4. The summed E-state index contributed by atoms with van der Waals surface area (Å²) in [4.78, 5) is 39.1. The van der Waals surface area contributed by atoms with Gasteiger partial charge in [0.1, 0.15) is 6.04 Å². The average Bonchev–Trinajstić information content (AvgIpc) is 3.22. The zero-order valence-corrected chi connectivity index (χ0v) is 13.6. The molecular weight excluding hydrogens is 328 g/mol. The SMILES string of the molecule is O=C(CC[C@@H]1NC(=O)NC1=O)Nc1ccc2nc(C3CC3)sc2c1. The van der Waals surface area contributed by atoms with Gasteiger partial charge in [0.2, 0.25) is 5.91 Å². The van der Waals surface area contributed by atoms with Crippen molar-refractivity contribution in [2.24, 2.45) is 0 Å². The second-order valence-corrected chi connectivity index (χ2v) is 7.17. The summed E-state index contributed by atoms with van der Waals surface area (Å²) in [7, 11) is 0. The number of imide groups is 1. The van der Waals surface area contributed by atoms with Crippen LogP contribution in [0.15, 0.2) is 18.2 Å². The van der Waals surface area contributed by atoms with Crippen molar-refractivity contribution in [3.05, 3.63) is 23.2 Å². The summed E-state index contributed by atoms with van der Waals surface area (Å²) in [6, 6.07) is 4.54. The molecule has 24 heavy (non-hydrogen) atoms. The molecule has 1 aromatic carbocycles. The number of fused-ring (bicyclic) bond motifs is 1. The molecule has 2 aromatic rings. The topological polar surface area (TPSA) is 100 Å². The minimum absolute atomic E-state index is 0.159. The molecule has 8 heteroatoms. The Balaban J connectivity index is 1.37. The smallest absolute Gasteiger partial charge is 0.322 e. The lowest BCUT2D eigenvalue weighted by Crippen LogP contribution is -2.30. The number of nitrogens with one attached hydrogen (secondary N) is 3. The number of urea groups is 1. The molecule has 1 aliphatic heterocycles. The van der Waals surface area contributed by atoms with Gasteiger partial charge in [0, 0.05) is 18.0 Å². The maximum Gasteiger partial charge on any atom is 0.322 e. The first-order valence-electron chi connectivity index (χ1n) is 7.90. The number of nitrogens with zero attached hydrogens (tertiary/aromatic N) is 1. The van der Waals surface area contributed by atoms with Gasteiger partial charge in [-0.2, -0.15) is 0 Å². The number of rotatable bonds is 5. The molecule has 1 atom stereocenters. The van der Waals surface area contributed by atoms with Crippen LogP contribution in [0.4, 0.5) is 10.5 Å². The molecule has 2 heterocycles. The van der Waals surface area contributed by atoms with E-state index in [1.807, 2.05) is 18.2 Å². The van der Waals surface area contributed by atoms with E-state index in [0.29, 0.717) is 5.92 Å². The molecule has 1 aliphatic carbocycles. The Bertz CT molecular complexity index is 843. The number of hydrogen-bond donors (Lipinski definition) is 3. The van der Waals surface area contributed by atoms with Crippen molar-refractivity contribution in [2.45, 2.75) is 37.6 Å². The van der Waals surface area contributed by atoms with Crippen LogP contribution in [0.3, 0.4) is 0 Å². The Morgan fingerprint density at radius 1 is 1.33 bits per heavy atom. The Kier molecular flexibility index (Phi) is 3.68. The molecule has 1 aromatic heterocycles. The maximum absolute atomic E-state index is 12.0. The standard InChI is InChI=1S/C16H16N4O3S/c21-13(6-5-11-14(22)20-16(23)19-11)17-9-3-4-10-12(7-9)24-15(18-10)8-1-2-8/h3-4,7-8,11H,1-2,5-6H2,(H,17,21)(H2,19,20,22,23)/t11-/m0/s1. The molecule has 1 saturated carbocycles. The summed E-state index contributed by atoms with van der Waals surface area (Å²) in [5.74, 6) is 0.0509. The highest BCUT2D eigenvalue weighted by Crippen LogP contribution is 2.43. The van der Waals surface area contributed by atoms with Gasteiger partial charge < -0.3 is 10.6 Å². The molecule has 124 valence electrons. The molecule has 4 amide bonds. The van der Waals surface area contributed by atoms with Gasteiger partial charge in [-0.3, -0.25) is 14.9 Å². The second kappa shape index (κ2) is 5.86. The minimum atomic E-state index is -0.631. The average molecular weight is 344 g/mol. The summed E-state index contributed by atoms with van der Waals surface area (Å²) < 4.78 is 1.07. The third-order valence-electron chi connectivity index (χ3n) is 4.13. The van der Waals surface area contributed by atoms with Crippen LogP contribution in [0.25, 0.3) is 10.2 Å². The first kappa shape index (κ1) is 15.1. The first-order valence-corrected chi connectivity index (χ1v) is 8.72. The largest absolute Gasteiger partial charge is 0.326 e. The van der Waals surface area contributed by atoms with Gasteiger partial charge in [-0.15, -0.1) is 11.3 Å². The fourth-order valence-electron chi connectivity index (χ4n) is 2.69. The van der Waals surface area contributed by atoms with Crippen LogP contribution in [0.2, 0.25) is 0 Å². The lowest BCUT2D eigenvalue weighted by atomic mass is 10.1. The minimum Gasteiger partial charge on any atom is -0.326 e. The van der Waals surface area contributed by atoms with Gasteiger partial charge in [-0.25, -0.2) is 9.78 Å². The zero-order chi connectivity index (χ0) is 16.7. The number of carbonyl (C=O) groups is 3. The lowest BCUT2D eigenvalue weighted by Gasteiger charge is -2.08. The predicted octanol–water partition coefficient (Wildman–Crippen LogP) is 2.10. The van der Waals surface area contributed by atoms with Crippen LogP contribution in [0, 0.1) is 0 Å². The van der Waals surface area contributed by atoms with Crippen molar-refractivity contribution in [1.82, 2.24) is 15.6 Å². The molecule has 0 spiro atoms. The molecule has 0 radical (unpaired) electrons. The van der Waals surface area contributed by atoms with Gasteiger partial charge >= 0.3 is 6.03 Å². The van der Waals surface area contributed by atoms with E-state index in [4.69, 9.17) is 0 Å². The van der Waals surface area contributed by atoms with E-state index in [9.17, 15) is 14.4 Å². The fourth-order valence-corrected chi connectivity index (χ4v) is 3.86. The quantitative estimate of drug-likeness (QED) is 0.723. The molecule has 2 aliphatic rings. The van der Waals surface area contributed by atoms with Crippen LogP contribution in [-0.4, -0.2) is 28.9 Å². The van der Waals surface area contributed by atoms with Gasteiger partial charge in [0.25, 0.3) is 5.91 Å². The van der Waals surface area contributed by atoms with Crippen LogP contribution in [0.1, 0.15) is 36.6 Å². The second-order valence-electron chi connectivity index (χ2n) is 6.11. The van der Waals surface area contributed by atoms with E-state index in [1.54, 1.807) is 11.3 Å². The highest BCUT2D eigenvalue weighted by Gasteiger charge is 2.29. The summed E-state index contributed by atoms with van der Waals surface area (Å²) in [6.45, 7) is 0. The van der Waals surface area contributed by atoms with E-state index in [0.717, 1.165) is 15.9 Å². The molecular formula is C16H16N4O3S. The number of thiazole rings is 1. The Morgan fingerprint density at radius 2 is 2.17 bits per heavy atom. The van der Waals surface area contributed by atoms with E-state index in [1.165, 1.54) is 17.8 Å². The van der Waals surface area contributed by atoms with Crippen LogP contribution < -0.4 is 16.0 Å². The van der Waals surface area contributed by atoms with E-state index < -0.39 is 12.1 Å². The molecule has 3 N–H and O–H groups in total. The van der Waals surface area contributed by atoms with Crippen molar-refractivity contribution in [1.29, 1.82) is 0 Å². The van der Waals surface area contributed by atoms with E-state index in [2.05, 4.69) is 20.9 Å². The predicted molar refractivity (Wildman–Crippen MR) is 89.9 cm³/mol. The van der Waals surface area contributed by atoms with E-state index >= 15 is 0 Å². The zero-order valence-electron chi connectivity index (χ0n) is 12.8. The third kappa shape index (κ3) is 3.09. The Morgan fingerprint density at radius 3 is 2.88 bits per heavy atom. The lowest BCUT2D eigenvalue weighted by molar-refractivity contribution is -0.120. The third-order valence-corrected chi connectivity index (χ3v) is 5.31. The van der Waals surface area contributed by atoms with Crippen LogP contribution in [-0.2, 0) is 9.59 Å². The highest BCUT2D eigenvalue weighted by molar-refractivity contribution is 7.18. The van der Waals surface area contributed by atoms with Gasteiger partial charge in [0.15, 0.2) is 0 Å². The molecule has 2 fully saturated rings. The molecule has 0 unspecified atom stereocenters. The van der Waals surface area contributed by atoms with Gasteiger partial charge in [0.05, 0.1) is 15.2 Å². The fraction of sp³-hybridized carbons (Fsp3) is 0.375. The number of benzene rings is 1. The highest BCUT2D eigenvalue weighted by atomic mass is 32.1. The van der Waals surface area contributed by atoms with Crippen molar-refractivity contribution >= 4 is 45.1 Å². The van der Waals surface area contributed by atoms with Crippen molar-refractivity contribution in [3.63, 3.8) is 0 Å². The summed E-state index contributed by atoms with van der Waals surface area (Å²) >= 11 is 1.68. The van der Waals surface area contributed by atoms with E-state index in [-0.39, 0.29) is 24.7 Å². The number of hydrogen-bond acceptors (Lipinski definition) is 5. The Hall–Kier alpha value is -2.48. The monoisotopic (exact) mass is 344 g/mol. The van der Waals surface area contributed by atoms with Crippen molar-refractivity contribution < 1.29 is 14.4 Å². The number of anilines is 1. The maximum atomic E-state index is 12.0. The van der Waals surface area contributed by atoms with Crippen molar-refractivity contribution in [2.75, 3.05) is 5.32 Å². The molecule has 1 saturated heterocycles. The summed E-state index contributed by atoms with van der Waals surface area (Å²) in [5, 5.41) is 8.64. The Labute approximate surface area is 141 Å². The molecule has 4 rings (SSSR count). The summed E-state index contributed by atoms with van der Waals surface area (Å²) in [5.41, 5.74) is 1.68. The number of carbonyl (C=O) groups excluding carboxylic acids is 3. The molecule has 0 bridgehead atoms. The van der Waals surface area contributed by atoms with Crippen LogP contribution >= 0.6 is 11.3 Å². The number of aromatic nitrogens is 1. The normalized spacial score (nSPS) is 20.1. The first-order chi connectivity index (χ1) is 11.6. The van der Waals surface area contributed by atoms with Gasteiger partial charge in [-0.1, -0.05) is 0 Å². The molecule has 7 nitrogen and oxygen atoms in total.